The maximum atomic E-state index is 12.7. The Morgan fingerprint density at radius 3 is 2.57 bits per heavy atom. The van der Waals surface area contributed by atoms with Gasteiger partial charge >= 0.3 is 12.0 Å². The van der Waals surface area contributed by atoms with E-state index in [1.54, 1.807) is 6.92 Å². The minimum Gasteiger partial charge on any atom is -0.435 e. The van der Waals surface area contributed by atoms with Gasteiger partial charge in [0.1, 0.15) is 6.04 Å². The molecule has 126 valence electrons. The number of likely N-dealkylation sites (tertiary alicyclic amines) is 1. The lowest BCUT2D eigenvalue weighted by Crippen LogP contribution is -2.60. The summed E-state index contributed by atoms with van der Waals surface area (Å²) < 4.78 is -0.429. The number of hydrogen-bond donors (Lipinski definition) is 2. The lowest BCUT2D eigenvalue weighted by molar-refractivity contribution is -0.795. The molecule has 0 radical (unpaired) electrons. The van der Waals surface area contributed by atoms with Crippen LogP contribution in [0.3, 0.4) is 0 Å². The van der Waals surface area contributed by atoms with Crippen LogP contribution in [0.4, 0.5) is 4.79 Å². The molecule has 5 heteroatoms. The molecule has 1 saturated heterocycles. The van der Waals surface area contributed by atoms with E-state index in [0.717, 1.165) is 19.3 Å². The highest BCUT2D eigenvalue weighted by Crippen LogP contribution is 2.36. The predicted molar refractivity (Wildman–Crippen MR) is 93.5 cm³/mol. The van der Waals surface area contributed by atoms with Crippen molar-refractivity contribution in [1.29, 1.82) is 0 Å². The molecule has 1 fully saturated rings. The summed E-state index contributed by atoms with van der Waals surface area (Å²) in [5.41, 5.74) is 1.26. The second-order valence-electron chi connectivity index (χ2n) is 6.73. The number of imide groups is 1. The first-order valence-electron chi connectivity index (χ1n) is 8.22. The van der Waals surface area contributed by atoms with Gasteiger partial charge in [-0.1, -0.05) is 30.3 Å². The molecule has 2 amide bonds. The maximum Gasteiger partial charge on any atom is 0.521 e. The summed E-state index contributed by atoms with van der Waals surface area (Å²) in [7, 11) is 0. The number of amides is 2. The highest BCUT2D eigenvalue weighted by molar-refractivity contribution is 7.80. The number of benzene rings is 1. The van der Waals surface area contributed by atoms with E-state index in [1.807, 2.05) is 25.1 Å². The summed E-state index contributed by atoms with van der Waals surface area (Å²) >= 11 is 4.17. The third-order valence-electron chi connectivity index (χ3n) is 5.09. The van der Waals surface area contributed by atoms with Crippen molar-refractivity contribution in [2.24, 2.45) is 11.8 Å². The highest BCUT2D eigenvalue weighted by Gasteiger charge is 2.56. The largest absolute Gasteiger partial charge is 0.521 e. The molecule has 1 aliphatic heterocycles. The molecule has 2 rings (SSSR count). The normalized spacial score (nSPS) is 28.5. The Morgan fingerprint density at radius 1 is 1.35 bits per heavy atom. The van der Waals surface area contributed by atoms with E-state index in [9.17, 15) is 14.7 Å². The number of quaternary nitrogens is 1. The van der Waals surface area contributed by atoms with E-state index in [-0.39, 0.29) is 23.8 Å². The molecule has 1 aromatic carbocycles. The van der Waals surface area contributed by atoms with Crippen molar-refractivity contribution < 1.29 is 19.2 Å². The summed E-state index contributed by atoms with van der Waals surface area (Å²) in [5.74, 6) is 0.0948. The van der Waals surface area contributed by atoms with Crippen molar-refractivity contribution in [3.8, 4) is 0 Å². The Hall–Kier alpha value is -1.33. The Balaban J connectivity index is 2.10. The zero-order chi connectivity index (χ0) is 17.0. The lowest BCUT2D eigenvalue weighted by atomic mass is 9.97. The molecule has 0 saturated carbocycles. The quantitative estimate of drug-likeness (QED) is 0.638. The first kappa shape index (κ1) is 18.0. The Kier molecular flexibility index (Phi) is 5.87. The van der Waals surface area contributed by atoms with Crippen LogP contribution in [-0.2, 0) is 11.2 Å². The molecule has 0 aliphatic carbocycles. The first-order chi connectivity index (χ1) is 10.9. The number of nitrogens with zero attached hydrogens (tertiary/aromatic N) is 1. The molecule has 0 aromatic heterocycles. The van der Waals surface area contributed by atoms with Gasteiger partial charge in [-0.05, 0) is 32.3 Å². The number of carbonyl (C=O) groups is 2. The zero-order valence-electron chi connectivity index (χ0n) is 13.8. The highest BCUT2D eigenvalue weighted by atomic mass is 32.1. The Morgan fingerprint density at radius 2 is 2.00 bits per heavy atom. The van der Waals surface area contributed by atoms with Crippen LogP contribution >= 0.6 is 12.6 Å². The monoisotopic (exact) mass is 336 g/mol. The van der Waals surface area contributed by atoms with Gasteiger partial charge in [0.2, 0.25) is 0 Å². The molecular weight excluding hydrogens is 310 g/mol. The molecule has 1 N–H and O–H groups in total. The number of hydrogen-bond acceptors (Lipinski definition) is 3. The minimum absolute atomic E-state index is 0.178. The van der Waals surface area contributed by atoms with E-state index in [2.05, 4.69) is 24.8 Å². The fraction of sp³-hybridized carbons (Fsp3) is 0.556. The summed E-state index contributed by atoms with van der Waals surface area (Å²) in [4.78, 5) is 24.7. The minimum atomic E-state index is -1.02. The molecule has 1 aliphatic rings. The number of carboxylic acid groups (broad SMARTS) is 1. The first-order valence-corrected chi connectivity index (χ1v) is 8.85. The summed E-state index contributed by atoms with van der Waals surface area (Å²) in [6.45, 7) is 4.06. The molecule has 4 atom stereocenters. The van der Waals surface area contributed by atoms with Crippen molar-refractivity contribution in [2.45, 2.75) is 39.2 Å². The van der Waals surface area contributed by atoms with Crippen LogP contribution in [0.2, 0.25) is 0 Å². The van der Waals surface area contributed by atoms with Gasteiger partial charge in [0.15, 0.2) is 0 Å². The average Bonchev–Trinajstić information content (AvgIpc) is 2.90. The van der Waals surface area contributed by atoms with Crippen molar-refractivity contribution in [2.75, 3.05) is 12.3 Å². The fourth-order valence-corrected chi connectivity index (χ4v) is 3.84. The number of carbonyl (C=O) groups excluding carboxylic acids is 1. The second kappa shape index (κ2) is 7.49. The Bertz CT molecular complexity index is 563. The van der Waals surface area contributed by atoms with Gasteiger partial charge < -0.3 is 5.11 Å². The van der Waals surface area contributed by atoms with Crippen LogP contribution in [0.5, 0.6) is 0 Å². The van der Waals surface area contributed by atoms with E-state index in [0.29, 0.717) is 12.3 Å². The van der Waals surface area contributed by atoms with Crippen LogP contribution in [0, 0.1) is 11.8 Å². The lowest BCUT2D eigenvalue weighted by Gasteiger charge is -2.31. The molecule has 23 heavy (non-hydrogen) atoms. The van der Waals surface area contributed by atoms with E-state index in [4.69, 9.17) is 0 Å². The van der Waals surface area contributed by atoms with Crippen molar-refractivity contribution >= 4 is 24.6 Å². The van der Waals surface area contributed by atoms with Gasteiger partial charge in [0.25, 0.3) is 0 Å². The average molecular weight is 336 g/mol. The summed E-state index contributed by atoms with van der Waals surface area (Å²) in [6.07, 6.45) is 1.61. The topological polar surface area (TPSA) is 54.4 Å². The maximum absolute atomic E-state index is 12.7. The van der Waals surface area contributed by atoms with Crippen LogP contribution in [0.25, 0.3) is 0 Å². The standard InChI is InChI=1S/C18H25NO3S/c1-13(12-23)17(20)19(18(21)22)11-16(10-14(19)2)9-8-15-6-4-3-5-7-15/h3-7,13-14,16H,8-12H2,1-2H3,(H-,21,22,23)/p+1/t13?,14-,16?,19?/m1/s1. The molecule has 0 bridgehead atoms. The van der Waals surface area contributed by atoms with Gasteiger partial charge in [-0.2, -0.15) is 21.9 Å². The molecule has 4 nitrogen and oxygen atoms in total. The van der Waals surface area contributed by atoms with Crippen LogP contribution in [0.1, 0.15) is 32.3 Å². The molecule has 1 aromatic rings. The van der Waals surface area contributed by atoms with Crippen LogP contribution in [-0.4, -0.2) is 39.9 Å². The number of rotatable bonds is 5. The SMILES string of the molecule is CC(CS)C(=O)[N+]1(C(=O)O)CC(CCc2ccccc2)C[C@H]1C. The third-order valence-corrected chi connectivity index (χ3v) is 5.63. The third kappa shape index (κ3) is 3.61. The molecular formula is C18H26NO3S+. The van der Waals surface area contributed by atoms with E-state index >= 15 is 0 Å². The second-order valence-corrected chi connectivity index (χ2v) is 7.10. The predicted octanol–water partition coefficient (Wildman–Crippen LogP) is 3.61. The van der Waals surface area contributed by atoms with E-state index in [1.165, 1.54) is 5.56 Å². The van der Waals surface area contributed by atoms with Crippen LogP contribution in [0.15, 0.2) is 30.3 Å². The fourth-order valence-electron chi connectivity index (χ4n) is 3.69. The number of aryl methyl sites for hydroxylation is 1. The number of thiol groups is 1. The summed E-state index contributed by atoms with van der Waals surface area (Å²) in [5, 5.41) is 9.78. The summed E-state index contributed by atoms with van der Waals surface area (Å²) in [6, 6.07) is 10.0. The Labute approximate surface area is 143 Å². The smallest absolute Gasteiger partial charge is 0.435 e. The molecule has 3 unspecified atom stereocenters. The van der Waals surface area contributed by atoms with Crippen molar-refractivity contribution in [3.05, 3.63) is 35.9 Å². The van der Waals surface area contributed by atoms with E-state index < -0.39 is 10.6 Å². The molecule has 1 heterocycles. The van der Waals surface area contributed by atoms with Gasteiger partial charge in [0, 0.05) is 18.1 Å². The van der Waals surface area contributed by atoms with Gasteiger partial charge in [-0.3, -0.25) is 0 Å². The zero-order valence-corrected chi connectivity index (χ0v) is 14.7. The molecule has 0 spiro atoms. The van der Waals surface area contributed by atoms with Crippen molar-refractivity contribution in [3.63, 3.8) is 0 Å². The van der Waals surface area contributed by atoms with Gasteiger partial charge in [-0.25, -0.2) is 4.79 Å². The van der Waals surface area contributed by atoms with Crippen LogP contribution < -0.4 is 0 Å². The van der Waals surface area contributed by atoms with Gasteiger partial charge in [0.05, 0.1) is 12.5 Å². The van der Waals surface area contributed by atoms with Crippen molar-refractivity contribution in [1.82, 2.24) is 0 Å². The van der Waals surface area contributed by atoms with Gasteiger partial charge in [-0.15, -0.1) is 0 Å².